The van der Waals surface area contributed by atoms with Crippen LogP contribution in [0.4, 0.5) is 5.69 Å². The normalized spacial score (nSPS) is 15.9. The number of nitrogens with zero attached hydrogens (tertiary/aromatic N) is 3. The van der Waals surface area contributed by atoms with Crippen molar-refractivity contribution in [2.24, 2.45) is 0 Å². The molecule has 2 aliphatic rings. The summed E-state index contributed by atoms with van der Waals surface area (Å²) in [5.41, 5.74) is 2.92. The Morgan fingerprint density at radius 1 is 1.22 bits per heavy atom. The molecule has 0 atom stereocenters. The maximum Gasteiger partial charge on any atom is 0.268 e. The summed E-state index contributed by atoms with van der Waals surface area (Å²) in [5.74, 6) is 0.823. The van der Waals surface area contributed by atoms with Crippen LogP contribution in [0.3, 0.4) is 0 Å². The van der Waals surface area contributed by atoms with E-state index in [1.807, 2.05) is 24.0 Å². The average Bonchev–Trinajstić information content (AvgIpc) is 3.25. The Hall–Kier alpha value is -1.99. The molecule has 138 valence electrons. The van der Waals surface area contributed by atoms with E-state index in [0.29, 0.717) is 21.6 Å². The lowest BCUT2D eigenvalue weighted by atomic mass is 10.0. The van der Waals surface area contributed by atoms with Crippen LogP contribution in [0.25, 0.3) is 10.2 Å². The molecule has 0 unspecified atom stereocenters. The maximum absolute atomic E-state index is 13.4. The second-order valence-corrected chi connectivity index (χ2v) is 9.07. The average molecular weight is 444 g/mol. The van der Waals surface area contributed by atoms with Gasteiger partial charge in [-0.1, -0.05) is 15.9 Å². The summed E-state index contributed by atoms with van der Waals surface area (Å²) in [6.07, 6.45) is 3.71. The second-order valence-electron chi connectivity index (χ2n) is 7.16. The summed E-state index contributed by atoms with van der Waals surface area (Å²) in [4.78, 5) is 34.2. The minimum absolute atomic E-state index is 0.00303. The Balaban J connectivity index is 1.63. The predicted molar refractivity (Wildman–Crippen MR) is 111 cm³/mol. The van der Waals surface area contributed by atoms with Crippen LogP contribution in [0.15, 0.2) is 27.5 Å². The van der Waals surface area contributed by atoms with Crippen molar-refractivity contribution in [1.82, 2.24) is 9.55 Å². The van der Waals surface area contributed by atoms with E-state index in [2.05, 4.69) is 27.0 Å². The molecule has 2 aromatic heterocycles. The highest BCUT2D eigenvalue weighted by atomic mass is 79.9. The predicted octanol–water partition coefficient (Wildman–Crippen LogP) is 4.07. The molecule has 27 heavy (non-hydrogen) atoms. The number of thiophene rings is 1. The third-order valence-corrected chi connectivity index (χ3v) is 7.18. The molecular weight excluding hydrogens is 426 g/mol. The molecule has 7 heteroatoms. The van der Waals surface area contributed by atoms with E-state index < -0.39 is 0 Å². The summed E-state index contributed by atoms with van der Waals surface area (Å²) >= 11 is 4.87. The van der Waals surface area contributed by atoms with Crippen LogP contribution in [0.5, 0.6) is 0 Å². The fourth-order valence-corrected chi connectivity index (χ4v) is 5.73. The number of carbonyl (C=O) groups is 1. The Morgan fingerprint density at radius 2 is 2.04 bits per heavy atom. The largest absolute Gasteiger partial charge is 0.307 e. The number of rotatable bonds is 1. The van der Waals surface area contributed by atoms with Gasteiger partial charge in [0.15, 0.2) is 0 Å². The van der Waals surface area contributed by atoms with Crippen LogP contribution < -0.4 is 10.5 Å². The monoisotopic (exact) mass is 443 g/mol. The molecule has 5 nitrogen and oxygen atoms in total. The molecule has 5 rings (SSSR count). The maximum atomic E-state index is 13.4. The number of halogens is 1. The van der Waals surface area contributed by atoms with E-state index in [4.69, 9.17) is 0 Å². The molecule has 1 amide bonds. The fraction of sp³-hybridized carbons (Fsp3) is 0.350. The van der Waals surface area contributed by atoms with Crippen molar-refractivity contribution in [1.29, 1.82) is 0 Å². The van der Waals surface area contributed by atoms with E-state index in [0.717, 1.165) is 53.8 Å². The highest BCUT2D eigenvalue weighted by Gasteiger charge is 2.29. The first-order valence-corrected chi connectivity index (χ1v) is 10.8. The van der Waals surface area contributed by atoms with Crippen molar-refractivity contribution in [3.8, 4) is 0 Å². The molecule has 2 aliphatic heterocycles. The lowest BCUT2D eigenvalue weighted by molar-refractivity contribution is 0.0988. The summed E-state index contributed by atoms with van der Waals surface area (Å²) < 4.78 is 2.80. The Bertz CT molecular complexity index is 1160. The Morgan fingerprint density at radius 3 is 2.89 bits per heavy atom. The Kier molecular flexibility index (Phi) is 3.98. The SMILES string of the molecule is Cc1c(C(=O)N2CCCc3cc(Br)ccc32)sc2nc3n(c(=O)c12)CCC3. The van der Waals surface area contributed by atoms with E-state index in [1.54, 1.807) is 4.57 Å². The van der Waals surface area contributed by atoms with Crippen LogP contribution in [0.1, 0.15) is 39.5 Å². The van der Waals surface area contributed by atoms with Gasteiger partial charge in [0.25, 0.3) is 11.5 Å². The van der Waals surface area contributed by atoms with Gasteiger partial charge < -0.3 is 4.90 Å². The molecule has 0 N–H and O–H groups in total. The van der Waals surface area contributed by atoms with Crippen molar-refractivity contribution in [2.75, 3.05) is 11.4 Å². The van der Waals surface area contributed by atoms with Gasteiger partial charge in [-0.3, -0.25) is 14.2 Å². The van der Waals surface area contributed by atoms with E-state index in [1.165, 1.54) is 16.9 Å². The summed E-state index contributed by atoms with van der Waals surface area (Å²) in [6.45, 7) is 3.30. The van der Waals surface area contributed by atoms with Crippen LogP contribution in [-0.2, 0) is 19.4 Å². The highest BCUT2D eigenvalue weighted by molar-refractivity contribution is 9.10. The fourth-order valence-electron chi connectivity index (χ4n) is 4.18. The number of amides is 1. The van der Waals surface area contributed by atoms with Crippen LogP contribution >= 0.6 is 27.3 Å². The van der Waals surface area contributed by atoms with Gasteiger partial charge in [0, 0.05) is 29.7 Å². The molecule has 4 heterocycles. The number of fused-ring (bicyclic) bond motifs is 3. The molecule has 0 saturated carbocycles. The van der Waals surface area contributed by atoms with Gasteiger partial charge >= 0.3 is 0 Å². The summed E-state index contributed by atoms with van der Waals surface area (Å²) in [7, 11) is 0. The van der Waals surface area contributed by atoms with Gasteiger partial charge in [0.1, 0.15) is 10.7 Å². The molecule has 0 fully saturated rings. The van der Waals surface area contributed by atoms with E-state index >= 15 is 0 Å². The third kappa shape index (κ3) is 2.59. The van der Waals surface area contributed by atoms with Crippen molar-refractivity contribution in [2.45, 2.75) is 39.2 Å². The van der Waals surface area contributed by atoms with Gasteiger partial charge in [-0.2, -0.15) is 0 Å². The lowest BCUT2D eigenvalue weighted by Crippen LogP contribution is -2.35. The first-order chi connectivity index (χ1) is 13.0. The van der Waals surface area contributed by atoms with Crippen molar-refractivity contribution in [3.05, 3.63) is 54.9 Å². The molecule has 0 bridgehead atoms. The number of carbonyl (C=O) groups excluding carboxylic acids is 1. The third-order valence-electron chi connectivity index (χ3n) is 5.51. The smallest absolute Gasteiger partial charge is 0.268 e. The minimum Gasteiger partial charge on any atom is -0.307 e. The van der Waals surface area contributed by atoms with Crippen LogP contribution in [-0.4, -0.2) is 22.0 Å². The van der Waals surface area contributed by atoms with Gasteiger partial charge in [-0.15, -0.1) is 11.3 Å². The molecule has 0 saturated heterocycles. The van der Waals surface area contributed by atoms with E-state index in [9.17, 15) is 9.59 Å². The number of anilines is 1. The quantitative estimate of drug-likeness (QED) is 0.569. The minimum atomic E-state index is -0.0247. The first-order valence-electron chi connectivity index (χ1n) is 9.17. The first kappa shape index (κ1) is 17.1. The Labute approximate surface area is 168 Å². The topological polar surface area (TPSA) is 55.2 Å². The molecule has 0 aliphatic carbocycles. The van der Waals surface area contributed by atoms with Gasteiger partial charge in [0.05, 0.1) is 10.3 Å². The zero-order valence-electron chi connectivity index (χ0n) is 14.9. The van der Waals surface area contributed by atoms with Gasteiger partial charge in [-0.25, -0.2) is 4.98 Å². The number of hydrogen-bond acceptors (Lipinski definition) is 4. The molecular formula is C20H18BrN3O2S. The van der Waals surface area contributed by atoms with Crippen molar-refractivity contribution < 1.29 is 4.79 Å². The number of benzene rings is 1. The zero-order chi connectivity index (χ0) is 18.7. The van der Waals surface area contributed by atoms with Crippen molar-refractivity contribution in [3.63, 3.8) is 0 Å². The van der Waals surface area contributed by atoms with Crippen molar-refractivity contribution >= 4 is 49.1 Å². The van der Waals surface area contributed by atoms with Gasteiger partial charge in [-0.05, 0) is 55.5 Å². The summed E-state index contributed by atoms with van der Waals surface area (Å²) in [5, 5.41) is 0.613. The molecule has 0 radical (unpaired) electrons. The van der Waals surface area contributed by atoms with Crippen LogP contribution in [0, 0.1) is 6.92 Å². The number of aryl methyl sites for hydroxylation is 3. The molecule has 0 spiro atoms. The van der Waals surface area contributed by atoms with E-state index in [-0.39, 0.29) is 11.5 Å². The zero-order valence-corrected chi connectivity index (χ0v) is 17.3. The standard InChI is InChI=1S/C20H18BrN3O2S/c1-11-16-18(22-15-5-3-9-24(15)19(16)25)27-17(11)20(26)23-8-2-4-12-10-13(21)6-7-14(12)23/h6-7,10H,2-5,8-9H2,1H3. The second kappa shape index (κ2) is 6.27. The van der Waals surface area contributed by atoms with Crippen LogP contribution in [0.2, 0.25) is 0 Å². The molecule has 1 aromatic carbocycles. The lowest BCUT2D eigenvalue weighted by Gasteiger charge is -2.29. The highest BCUT2D eigenvalue weighted by Crippen LogP contribution is 2.34. The summed E-state index contributed by atoms with van der Waals surface area (Å²) in [6, 6.07) is 6.06. The number of hydrogen-bond donors (Lipinski definition) is 0. The number of aromatic nitrogens is 2. The molecule has 3 aromatic rings. The van der Waals surface area contributed by atoms with Gasteiger partial charge in [0.2, 0.25) is 0 Å².